The fourth-order valence-electron chi connectivity index (χ4n) is 3.12. The molecule has 1 aromatic rings. The van der Waals surface area contributed by atoms with Crippen LogP contribution < -0.4 is 10.6 Å². The van der Waals surface area contributed by atoms with Crippen LogP contribution in [0.15, 0.2) is 24.3 Å². The van der Waals surface area contributed by atoms with Crippen LogP contribution >= 0.6 is 0 Å². The molecule has 0 unspecified atom stereocenters. The SMILES string of the molecule is CCNC(=O)CNC(=O)COC(=O)C1(c2ccc(F)cc2)CCCC1. The Morgan fingerprint density at radius 2 is 1.72 bits per heavy atom. The molecule has 7 heteroatoms. The zero-order chi connectivity index (χ0) is 18.3. The van der Waals surface area contributed by atoms with Crippen LogP contribution in [0.4, 0.5) is 4.39 Å². The smallest absolute Gasteiger partial charge is 0.317 e. The Hall–Kier alpha value is -2.44. The van der Waals surface area contributed by atoms with Crippen molar-refractivity contribution in [3.05, 3.63) is 35.6 Å². The summed E-state index contributed by atoms with van der Waals surface area (Å²) in [5.74, 6) is -1.69. The minimum atomic E-state index is -0.826. The maximum atomic E-state index is 13.2. The lowest BCUT2D eigenvalue weighted by Gasteiger charge is -2.27. The third-order valence-electron chi connectivity index (χ3n) is 4.40. The predicted molar refractivity (Wildman–Crippen MR) is 89.2 cm³/mol. The summed E-state index contributed by atoms with van der Waals surface area (Å²) in [5, 5.41) is 4.95. The highest BCUT2D eigenvalue weighted by atomic mass is 19.1. The summed E-state index contributed by atoms with van der Waals surface area (Å²) in [6, 6.07) is 5.83. The summed E-state index contributed by atoms with van der Waals surface area (Å²) in [6.07, 6.45) is 2.96. The van der Waals surface area contributed by atoms with Crippen molar-refractivity contribution in [2.75, 3.05) is 19.7 Å². The predicted octanol–water partition coefficient (Wildman–Crippen LogP) is 1.43. The molecule has 0 saturated heterocycles. The van der Waals surface area contributed by atoms with Crippen molar-refractivity contribution in [1.82, 2.24) is 10.6 Å². The quantitative estimate of drug-likeness (QED) is 0.729. The highest BCUT2D eigenvalue weighted by molar-refractivity contribution is 5.88. The van der Waals surface area contributed by atoms with Gasteiger partial charge in [0.1, 0.15) is 5.82 Å². The van der Waals surface area contributed by atoms with Crippen molar-refractivity contribution in [3.63, 3.8) is 0 Å². The van der Waals surface area contributed by atoms with Crippen molar-refractivity contribution >= 4 is 17.8 Å². The van der Waals surface area contributed by atoms with E-state index in [1.165, 1.54) is 12.1 Å². The second-order valence-corrected chi connectivity index (χ2v) is 6.10. The first-order valence-corrected chi connectivity index (χ1v) is 8.44. The van der Waals surface area contributed by atoms with Gasteiger partial charge in [-0.2, -0.15) is 0 Å². The van der Waals surface area contributed by atoms with Crippen molar-refractivity contribution in [3.8, 4) is 0 Å². The van der Waals surface area contributed by atoms with Gasteiger partial charge in [0.05, 0.1) is 12.0 Å². The molecule has 2 N–H and O–H groups in total. The Kier molecular flexibility index (Phi) is 6.50. The van der Waals surface area contributed by atoms with Crippen molar-refractivity contribution < 1.29 is 23.5 Å². The van der Waals surface area contributed by atoms with Gasteiger partial charge in [-0.1, -0.05) is 25.0 Å². The number of rotatable bonds is 7. The maximum absolute atomic E-state index is 13.2. The Bertz CT molecular complexity index is 624. The first-order valence-electron chi connectivity index (χ1n) is 8.44. The summed E-state index contributed by atoms with van der Waals surface area (Å²) >= 11 is 0. The van der Waals surface area contributed by atoms with Crippen LogP contribution in [0.5, 0.6) is 0 Å². The number of nitrogens with one attached hydrogen (secondary N) is 2. The molecule has 0 aliphatic heterocycles. The third-order valence-corrected chi connectivity index (χ3v) is 4.40. The Labute approximate surface area is 146 Å². The van der Waals surface area contributed by atoms with Gasteiger partial charge in [0.15, 0.2) is 6.61 Å². The largest absolute Gasteiger partial charge is 0.455 e. The second kappa shape index (κ2) is 8.60. The van der Waals surface area contributed by atoms with E-state index in [4.69, 9.17) is 4.74 Å². The molecule has 0 radical (unpaired) electrons. The number of hydrogen-bond acceptors (Lipinski definition) is 4. The summed E-state index contributed by atoms with van der Waals surface area (Å²) in [4.78, 5) is 35.7. The zero-order valence-electron chi connectivity index (χ0n) is 14.3. The number of carbonyl (C=O) groups is 3. The van der Waals surface area contributed by atoms with E-state index in [-0.39, 0.29) is 18.3 Å². The topological polar surface area (TPSA) is 84.5 Å². The molecule has 136 valence electrons. The van der Waals surface area contributed by atoms with Gasteiger partial charge in [-0.25, -0.2) is 4.39 Å². The molecule has 1 aliphatic carbocycles. The van der Waals surface area contributed by atoms with Crippen molar-refractivity contribution in [2.45, 2.75) is 38.0 Å². The van der Waals surface area contributed by atoms with Crippen LogP contribution in [0.2, 0.25) is 0 Å². The van der Waals surface area contributed by atoms with E-state index in [1.54, 1.807) is 19.1 Å². The molecule has 1 saturated carbocycles. The maximum Gasteiger partial charge on any atom is 0.317 e. The lowest BCUT2D eigenvalue weighted by Crippen LogP contribution is -2.40. The van der Waals surface area contributed by atoms with Gasteiger partial charge in [0, 0.05) is 6.54 Å². The fourth-order valence-corrected chi connectivity index (χ4v) is 3.12. The van der Waals surface area contributed by atoms with E-state index in [0.717, 1.165) is 12.8 Å². The van der Waals surface area contributed by atoms with E-state index < -0.39 is 23.9 Å². The van der Waals surface area contributed by atoms with E-state index in [9.17, 15) is 18.8 Å². The van der Waals surface area contributed by atoms with E-state index in [0.29, 0.717) is 24.9 Å². The molecular formula is C18H23FN2O4. The highest BCUT2D eigenvalue weighted by Gasteiger charge is 2.44. The van der Waals surface area contributed by atoms with Gasteiger partial charge in [-0.3, -0.25) is 14.4 Å². The van der Waals surface area contributed by atoms with E-state index in [2.05, 4.69) is 10.6 Å². The van der Waals surface area contributed by atoms with Crippen LogP contribution in [0.1, 0.15) is 38.2 Å². The van der Waals surface area contributed by atoms with Gasteiger partial charge in [0.25, 0.3) is 5.91 Å². The molecule has 0 bridgehead atoms. The minimum absolute atomic E-state index is 0.159. The van der Waals surface area contributed by atoms with Crippen LogP contribution in [0.3, 0.4) is 0 Å². The average molecular weight is 350 g/mol. The van der Waals surface area contributed by atoms with E-state index in [1.807, 2.05) is 0 Å². The van der Waals surface area contributed by atoms with Crippen LogP contribution in [-0.2, 0) is 24.5 Å². The highest BCUT2D eigenvalue weighted by Crippen LogP contribution is 2.42. The number of hydrogen-bond donors (Lipinski definition) is 2. The molecule has 6 nitrogen and oxygen atoms in total. The molecule has 25 heavy (non-hydrogen) atoms. The van der Waals surface area contributed by atoms with Gasteiger partial charge >= 0.3 is 5.97 Å². The number of carbonyl (C=O) groups excluding carboxylic acids is 3. The summed E-state index contributed by atoms with van der Waals surface area (Å²) in [7, 11) is 0. The average Bonchev–Trinajstić information content (AvgIpc) is 3.09. The second-order valence-electron chi connectivity index (χ2n) is 6.10. The first kappa shape index (κ1) is 18.9. The molecule has 1 aromatic carbocycles. The van der Waals surface area contributed by atoms with E-state index >= 15 is 0 Å². The number of likely N-dealkylation sites (N-methyl/N-ethyl adjacent to an activating group) is 1. The fraction of sp³-hybridized carbons (Fsp3) is 0.500. The number of benzene rings is 1. The number of esters is 1. The molecule has 0 atom stereocenters. The summed E-state index contributed by atoms with van der Waals surface area (Å²) < 4.78 is 18.3. The van der Waals surface area contributed by atoms with Gasteiger partial charge in [-0.05, 0) is 37.5 Å². The molecule has 0 spiro atoms. The molecule has 2 amide bonds. The molecule has 0 heterocycles. The normalized spacial score (nSPS) is 15.4. The summed E-state index contributed by atoms with van der Waals surface area (Å²) in [6.45, 7) is 1.65. The first-order chi connectivity index (χ1) is 12.0. The third kappa shape index (κ3) is 4.78. The monoisotopic (exact) mass is 350 g/mol. The van der Waals surface area contributed by atoms with Crippen molar-refractivity contribution in [1.29, 1.82) is 0 Å². The lowest BCUT2D eigenvalue weighted by molar-refractivity contribution is -0.154. The van der Waals surface area contributed by atoms with Crippen molar-refractivity contribution in [2.24, 2.45) is 0 Å². The Morgan fingerprint density at radius 3 is 2.32 bits per heavy atom. The van der Waals surface area contributed by atoms with Crippen LogP contribution in [0, 0.1) is 5.82 Å². The molecule has 1 aliphatic rings. The van der Waals surface area contributed by atoms with Crippen LogP contribution in [-0.4, -0.2) is 37.5 Å². The Balaban J connectivity index is 1.94. The van der Waals surface area contributed by atoms with Gasteiger partial charge in [0.2, 0.25) is 5.91 Å². The zero-order valence-corrected chi connectivity index (χ0v) is 14.3. The van der Waals surface area contributed by atoms with Gasteiger partial charge < -0.3 is 15.4 Å². The number of halogens is 1. The Morgan fingerprint density at radius 1 is 1.08 bits per heavy atom. The lowest BCUT2D eigenvalue weighted by atomic mass is 9.79. The van der Waals surface area contributed by atoms with Crippen LogP contribution in [0.25, 0.3) is 0 Å². The molecule has 0 aromatic heterocycles. The number of amides is 2. The molecular weight excluding hydrogens is 327 g/mol. The molecule has 1 fully saturated rings. The molecule has 2 rings (SSSR count). The minimum Gasteiger partial charge on any atom is -0.455 e. The number of ether oxygens (including phenoxy) is 1. The van der Waals surface area contributed by atoms with Gasteiger partial charge in [-0.15, -0.1) is 0 Å². The standard InChI is InChI=1S/C18H23FN2O4/c1-2-20-15(22)11-21-16(23)12-25-17(24)18(9-3-4-10-18)13-5-7-14(19)8-6-13/h5-8H,2-4,9-12H2,1H3,(H,20,22)(H,21,23). The summed E-state index contributed by atoms with van der Waals surface area (Å²) in [5.41, 5.74) is -0.118.